The monoisotopic (exact) mass is 284 g/mol. The number of hydrogen-bond donors (Lipinski definition) is 2. The molecule has 3 rings (SSSR count). The molecular weight excluding hydrogens is 264 g/mol. The van der Waals surface area contributed by atoms with Gasteiger partial charge in [-0.1, -0.05) is 12.1 Å². The van der Waals surface area contributed by atoms with E-state index >= 15 is 0 Å². The summed E-state index contributed by atoms with van der Waals surface area (Å²) < 4.78 is 0. The first-order chi connectivity index (χ1) is 10.2. The van der Waals surface area contributed by atoms with Crippen molar-refractivity contribution >= 4 is 11.6 Å². The van der Waals surface area contributed by atoms with Gasteiger partial charge in [0.05, 0.1) is 11.4 Å². The number of rotatable bonds is 2. The first kappa shape index (κ1) is 13.7. The standard InChI is InChI=1S/C16H20N4O/c1-11-14(17)15(12-7-3-4-8-13(12)21)19-16(18-11)20-9-5-2-6-10-20/h3-4,7-8,21H,2,5-6,9-10,17H2,1H3. The molecule has 1 fully saturated rings. The van der Waals surface area contributed by atoms with E-state index in [2.05, 4.69) is 14.9 Å². The number of anilines is 2. The fourth-order valence-corrected chi connectivity index (χ4v) is 2.68. The Morgan fingerprint density at radius 1 is 1.10 bits per heavy atom. The smallest absolute Gasteiger partial charge is 0.226 e. The molecule has 1 saturated heterocycles. The molecule has 0 radical (unpaired) electrons. The summed E-state index contributed by atoms with van der Waals surface area (Å²) in [5, 5.41) is 10.1. The van der Waals surface area contributed by atoms with E-state index in [4.69, 9.17) is 5.73 Å². The molecule has 2 heterocycles. The van der Waals surface area contributed by atoms with Crippen molar-refractivity contribution in [3.05, 3.63) is 30.0 Å². The lowest BCUT2D eigenvalue weighted by atomic mass is 10.1. The van der Waals surface area contributed by atoms with E-state index in [-0.39, 0.29) is 5.75 Å². The molecule has 2 aromatic rings. The molecule has 1 aromatic heterocycles. The number of benzene rings is 1. The van der Waals surface area contributed by atoms with Crippen LogP contribution in [0.4, 0.5) is 11.6 Å². The van der Waals surface area contributed by atoms with Gasteiger partial charge in [0, 0.05) is 18.7 Å². The fraction of sp³-hybridized carbons (Fsp3) is 0.375. The van der Waals surface area contributed by atoms with Crippen LogP contribution in [-0.4, -0.2) is 28.2 Å². The molecule has 1 aromatic carbocycles. The molecule has 0 amide bonds. The maximum Gasteiger partial charge on any atom is 0.226 e. The van der Waals surface area contributed by atoms with Gasteiger partial charge in [-0.2, -0.15) is 0 Å². The van der Waals surface area contributed by atoms with Crippen molar-refractivity contribution in [3.63, 3.8) is 0 Å². The molecule has 1 aliphatic rings. The summed E-state index contributed by atoms with van der Waals surface area (Å²) in [6.07, 6.45) is 3.59. The van der Waals surface area contributed by atoms with Gasteiger partial charge in [-0.05, 0) is 38.3 Å². The van der Waals surface area contributed by atoms with Gasteiger partial charge in [-0.15, -0.1) is 0 Å². The van der Waals surface area contributed by atoms with E-state index < -0.39 is 0 Å². The highest BCUT2D eigenvalue weighted by Crippen LogP contribution is 2.33. The number of para-hydroxylation sites is 1. The molecule has 0 bridgehead atoms. The molecule has 0 atom stereocenters. The van der Waals surface area contributed by atoms with Crippen molar-refractivity contribution in [2.75, 3.05) is 23.7 Å². The van der Waals surface area contributed by atoms with Crippen molar-refractivity contribution in [1.82, 2.24) is 9.97 Å². The highest BCUT2D eigenvalue weighted by atomic mass is 16.3. The predicted octanol–water partition coefficient (Wildman–Crippen LogP) is 2.73. The molecule has 0 saturated carbocycles. The number of hydrogen-bond acceptors (Lipinski definition) is 5. The molecule has 0 unspecified atom stereocenters. The van der Waals surface area contributed by atoms with E-state index in [1.807, 2.05) is 19.1 Å². The van der Waals surface area contributed by atoms with E-state index in [0.29, 0.717) is 22.9 Å². The second kappa shape index (κ2) is 5.60. The van der Waals surface area contributed by atoms with Crippen molar-refractivity contribution in [2.45, 2.75) is 26.2 Å². The first-order valence-electron chi connectivity index (χ1n) is 7.34. The third-order valence-electron chi connectivity index (χ3n) is 3.92. The van der Waals surface area contributed by atoms with Gasteiger partial charge in [-0.25, -0.2) is 9.97 Å². The normalized spacial score (nSPS) is 15.2. The maximum atomic E-state index is 10.1. The number of nitrogen functional groups attached to an aromatic ring is 1. The van der Waals surface area contributed by atoms with E-state index in [1.54, 1.807) is 12.1 Å². The Balaban J connectivity index is 2.08. The van der Waals surface area contributed by atoms with Crippen LogP contribution >= 0.6 is 0 Å². The summed E-state index contributed by atoms with van der Waals surface area (Å²) in [4.78, 5) is 11.3. The van der Waals surface area contributed by atoms with Crippen molar-refractivity contribution < 1.29 is 5.11 Å². The SMILES string of the molecule is Cc1nc(N2CCCCC2)nc(-c2ccccc2O)c1N. The zero-order valence-corrected chi connectivity index (χ0v) is 12.2. The maximum absolute atomic E-state index is 10.1. The zero-order valence-electron chi connectivity index (χ0n) is 12.2. The highest BCUT2D eigenvalue weighted by molar-refractivity contribution is 5.78. The third-order valence-corrected chi connectivity index (χ3v) is 3.92. The van der Waals surface area contributed by atoms with Crippen LogP contribution in [0.3, 0.4) is 0 Å². The molecule has 3 N–H and O–H groups in total. The molecule has 0 spiro atoms. The topological polar surface area (TPSA) is 75.3 Å². The largest absolute Gasteiger partial charge is 0.507 e. The van der Waals surface area contributed by atoms with Crippen LogP contribution in [0.25, 0.3) is 11.3 Å². The Kier molecular flexibility index (Phi) is 3.64. The van der Waals surface area contributed by atoms with Gasteiger partial charge in [0.15, 0.2) is 0 Å². The van der Waals surface area contributed by atoms with E-state index in [9.17, 15) is 5.11 Å². The van der Waals surface area contributed by atoms with Crippen molar-refractivity contribution in [1.29, 1.82) is 0 Å². The molecule has 110 valence electrons. The average molecular weight is 284 g/mol. The third kappa shape index (κ3) is 2.63. The van der Waals surface area contributed by atoms with Crippen LogP contribution in [0.1, 0.15) is 25.0 Å². The van der Waals surface area contributed by atoms with Gasteiger partial charge in [0.25, 0.3) is 0 Å². The predicted molar refractivity (Wildman–Crippen MR) is 84.3 cm³/mol. The molecule has 5 heteroatoms. The van der Waals surface area contributed by atoms with Crippen LogP contribution < -0.4 is 10.6 Å². The van der Waals surface area contributed by atoms with Crippen LogP contribution in [-0.2, 0) is 0 Å². The van der Waals surface area contributed by atoms with E-state index in [0.717, 1.165) is 18.8 Å². The quantitative estimate of drug-likeness (QED) is 0.887. The number of aryl methyl sites for hydroxylation is 1. The van der Waals surface area contributed by atoms with Gasteiger partial charge in [0.2, 0.25) is 5.95 Å². The van der Waals surface area contributed by atoms with Gasteiger partial charge >= 0.3 is 0 Å². The summed E-state index contributed by atoms with van der Waals surface area (Å²) in [7, 11) is 0. The van der Waals surface area contributed by atoms with Crippen molar-refractivity contribution in [2.24, 2.45) is 0 Å². The first-order valence-corrected chi connectivity index (χ1v) is 7.34. The van der Waals surface area contributed by atoms with Gasteiger partial charge < -0.3 is 15.7 Å². The molecule has 21 heavy (non-hydrogen) atoms. The Hall–Kier alpha value is -2.30. The minimum absolute atomic E-state index is 0.187. The Morgan fingerprint density at radius 3 is 2.52 bits per heavy atom. The minimum Gasteiger partial charge on any atom is -0.507 e. The summed E-state index contributed by atoms with van der Waals surface area (Å²) in [5.41, 5.74) is 8.67. The number of phenols is 1. The van der Waals surface area contributed by atoms with E-state index in [1.165, 1.54) is 19.3 Å². The lowest BCUT2D eigenvalue weighted by Crippen LogP contribution is -2.31. The van der Waals surface area contributed by atoms with Gasteiger partial charge in [0.1, 0.15) is 11.4 Å². The van der Waals surface area contributed by atoms with Crippen LogP contribution in [0, 0.1) is 6.92 Å². The van der Waals surface area contributed by atoms with Gasteiger partial charge in [-0.3, -0.25) is 0 Å². The van der Waals surface area contributed by atoms with Crippen LogP contribution in [0.15, 0.2) is 24.3 Å². The minimum atomic E-state index is 0.187. The van der Waals surface area contributed by atoms with Crippen LogP contribution in [0.5, 0.6) is 5.75 Å². The number of aromatic nitrogens is 2. The Morgan fingerprint density at radius 2 is 1.81 bits per heavy atom. The Labute approximate surface area is 124 Å². The second-order valence-corrected chi connectivity index (χ2v) is 5.44. The number of nitrogens with zero attached hydrogens (tertiary/aromatic N) is 3. The number of aromatic hydroxyl groups is 1. The fourth-order valence-electron chi connectivity index (χ4n) is 2.68. The summed E-state index contributed by atoms with van der Waals surface area (Å²) in [5.74, 6) is 0.895. The number of phenolic OH excluding ortho intramolecular Hbond substituents is 1. The average Bonchev–Trinajstić information content (AvgIpc) is 2.51. The summed E-state index contributed by atoms with van der Waals surface area (Å²) >= 11 is 0. The lowest BCUT2D eigenvalue weighted by Gasteiger charge is -2.27. The van der Waals surface area contributed by atoms with Crippen LogP contribution in [0.2, 0.25) is 0 Å². The second-order valence-electron chi connectivity index (χ2n) is 5.44. The van der Waals surface area contributed by atoms with Crippen molar-refractivity contribution in [3.8, 4) is 17.0 Å². The number of nitrogens with two attached hydrogens (primary N) is 1. The molecule has 5 nitrogen and oxygen atoms in total. The summed E-state index contributed by atoms with van der Waals surface area (Å²) in [6, 6.07) is 7.13. The molecular formula is C16H20N4O. The Bertz CT molecular complexity index is 651. The summed E-state index contributed by atoms with van der Waals surface area (Å²) in [6.45, 7) is 3.83. The number of piperidine rings is 1. The molecule has 1 aliphatic heterocycles. The zero-order chi connectivity index (χ0) is 14.8. The highest BCUT2D eigenvalue weighted by Gasteiger charge is 2.18. The lowest BCUT2D eigenvalue weighted by molar-refractivity contribution is 0.477. The molecule has 0 aliphatic carbocycles.